The number of hydrogen-bond donors (Lipinski definition) is 2. The van der Waals surface area contributed by atoms with Crippen LogP contribution in [0.4, 0.5) is 0 Å². The van der Waals surface area contributed by atoms with Crippen LogP contribution in [0, 0.1) is 11.3 Å². The van der Waals surface area contributed by atoms with E-state index < -0.39 is 0 Å². The lowest BCUT2D eigenvalue weighted by molar-refractivity contribution is -0.106. The Morgan fingerprint density at radius 2 is 1.89 bits per heavy atom. The molecular formula is C22H40N4O. The molecule has 2 saturated carbocycles. The van der Waals surface area contributed by atoms with Crippen molar-refractivity contribution in [2.45, 2.75) is 96.4 Å². The van der Waals surface area contributed by atoms with Crippen LogP contribution in [0.2, 0.25) is 0 Å². The van der Waals surface area contributed by atoms with E-state index in [1.54, 1.807) is 0 Å². The lowest BCUT2D eigenvalue weighted by atomic mass is 9.57. The van der Waals surface area contributed by atoms with Crippen molar-refractivity contribution in [3.63, 3.8) is 0 Å². The van der Waals surface area contributed by atoms with E-state index in [1.165, 1.54) is 64.5 Å². The summed E-state index contributed by atoms with van der Waals surface area (Å²) in [7, 11) is 0. The predicted molar refractivity (Wildman–Crippen MR) is 111 cm³/mol. The molecule has 4 fully saturated rings. The Kier molecular flexibility index (Phi) is 5.98. The second kappa shape index (κ2) is 8.28. The molecule has 4 unspecified atom stereocenters. The van der Waals surface area contributed by atoms with Crippen LogP contribution in [-0.4, -0.2) is 61.3 Å². The number of fused-ring (bicyclic) bond motifs is 1. The minimum atomic E-state index is 0.193. The molecule has 5 heteroatoms. The van der Waals surface area contributed by atoms with Crippen molar-refractivity contribution in [3.8, 4) is 0 Å². The zero-order valence-corrected chi connectivity index (χ0v) is 17.7. The van der Waals surface area contributed by atoms with Crippen molar-refractivity contribution >= 4 is 5.96 Å². The largest absolute Gasteiger partial charge is 0.377 e. The van der Waals surface area contributed by atoms with Gasteiger partial charge in [0.15, 0.2) is 5.96 Å². The highest BCUT2D eigenvalue weighted by molar-refractivity contribution is 5.80. The van der Waals surface area contributed by atoms with Gasteiger partial charge in [0.05, 0.1) is 6.10 Å². The highest BCUT2D eigenvalue weighted by Crippen LogP contribution is 2.52. The molecule has 27 heavy (non-hydrogen) atoms. The molecule has 2 aliphatic carbocycles. The second-order valence-electron chi connectivity index (χ2n) is 9.78. The van der Waals surface area contributed by atoms with Crippen molar-refractivity contribution < 1.29 is 4.74 Å². The topological polar surface area (TPSA) is 48.9 Å². The molecule has 0 amide bonds. The molecule has 4 aliphatic rings. The Morgan fingerprint density at radius 1 is 1.07 bits per heavy atom. The molecule has 4 rings (SSSR count). The van der Waals surface area contributed by atoms with Crippen LogP contribution in [0.5, 0.6) is 0 Å². The number of piperidine rings is 1. The normalized spacial score (nSPS) is 37.5. The maximum Gasteiger partial charge on any atom is 0.191 e. The highest BCUT2D eigenvalue weighted by atomic mass is 16.5. The summed E-state index contributed by atoms with van der Waals surface area (Å²) in [6.45, 7) is 11.0. The molecule has 2 N–H and O–H groups in total. The van der Waals surface area contributed by atoms with Gasteiger partial charge in [-0.25, -0.2) is 0 Å². The third-order valence-corrected chi connectivity index (χ3v) is 7.59. The molecule has 2 saturated heterocycles. The minimum Gasteiger partial charge on any atom is -0.377 e. The molecule has 0 spiro atoms. The van der Waals surface area contributed by atoms with Gasteiger partial charge in [-0.1, -0.05) is 33.1 Å². The van der Waals surface area contributed by atoms with E-state index in [1.807, 2.05) is 0 Å². The molecule has 0 radical (unpaired) electrons. The Balaban J connectivity index is 1.35. The van der Waals surface area contributed by atoms with Gasteiger partial charge < -0.3 is 15.4 Å². The van der Waals surface area contributed by atoms with Crippen molar-refractivity contribution in [2.24, 2.45) is 16.3 Å². The maximum atomic E-state index is 5.96. The summed E-state index contributed by atoms with van der Waals surface area (Å²) in [4.78, 5) is 7.55. The van der Waals surface area contributed by atoms with Gasteiger partial charge in [0, 0.05) is 49.2 Å². The summed E-state index contributed by atoms with van der Waals surface area (Å²) in [6, 6.07) is 1.82. The zero-order chi connectivity index (χ0) is 18.9. The number of likely N-dealkylation sites (tertiary alicyclic amines) is 1. The van der Waals surface area contributed by atoms with Crippen LogP contribution >= 0.6 is 0 Å². The van der Waals surface area contributed by atoms with Gasteiger partial charge in [-0.3, -0.25) is 9.89 Å². The van der Waals surface area contributed by atoms with Gasteiger partial charge in [0.1, 0.15) is 0 Å². The van der Waals surface area contributed by atoms with E-state index in [-0.39, 0.29) is 5.41 Å². The fourth-order valence-electron chi connectivity index (χ4n) is 6.15. The molecule has 0 aromatic rings. The SMILES string of the molecule is CCN=C(NC1CCCN(C2CCCCC2)C1)NC1C2CCOC2C1(C)C. The van der Waals surface area contributed by atoms with Crippen LogP contribution in [-0.2, 0) is 4.74 Å². The summed E-state index contributed by atoms with van der Waals surface area (Å²) in [5, 5.41) is 7.60. The summed E-state index contributed by atoms with van der Waals surface area (Å²) in [5.41, 5.74) is 0.193. The first-order valence-corrected chi connectivity index (χ1v) is 11.5. The summed E-state index contributed by atoms with van der Waals surface area (Å²) < 4.78 is 5.96. The van der Waals surface area contributed by atoms with E-state index in [2.05, 4.69) is 36.3 Å². The van der Waals surface area contributed by atoms with Crippen molar-refractivity contribution in [2.75, 3.05) is 26.2 Å². The molecule has 2 heterocycles. The van der Waals surface area contributed by atoms with Gasteiger partial charge >= 0.3 is 0 Å². The maximum absolute atomic E-state index is 5.96. The van der Waals surface area contributed by atoms with Gasteiger partial charge in [0.2, 0.25) is 0 Å². The van der Waals surface area contributed by atoms with Gasteiger partial charge in [-0.15, -0.1) is 0 Å². The van der Waals surface area contributed by atoms with Gasteiger partial charge in [-0.05, 0) is 45.6 Å². The fraction of sp³-hybridized carbons (Fsp3) is 0.955. The average Bonchev–Trinajstić information content (AvgIpc) is 3.14. The van der Waals surface area contributed by atoms with Crippen LogP contribution in [0.15, 0.2) is 4.99 Å². The smallest absolute Gasteiger partial charge is 0.191 e. The third kappa shape index (κ3) is 4.00. The number of nitrogens with one attached hydrogen (secondary N) is 2. The Bertz CT molecular complexity index is 528. The van der Waals surface area contributed by atoms with Crippen LogP contribution in [0.1, 0.15) is 72.1 Å². The molecule has 0 aromatic heterocycles. The Morgan fingerprint density at radius 3 is 2.67 bits per heavy atom. The first-order valence-electron chi connectivity index (χ1n) is 11.5. The lowest BCUT2D eigenvalue weighted by Crippen LogP contribution is -2.68. The van der Waals surface area contributed by atoms with Crippen molar-refractivity contribution in [3.05, 3.63) is 0 Å². The molecule has 5 nitrogen and oxygen atoms in total. The average molecular weight is 377 g/mol. The molecule has 154 valence electrons. The second-order valence-corrected chi connectivity index (χ2v) is 9.78. The Hall–Kier alpha value is -0.810. The van der Waals surface area contributed by atoms with Gasteiger partial charge in [-0.2, -0.15) is 0 Å². The van der Waals surface area contributed by atoms with Crippen molar-refractivity contribution in [1.29, 1.82) is 0 Å². The quantitative estimate of drug-likeness (QED) is 0.584. The Labute approximate surface area is 165 Å². The van der Waals surface area contributed by atoms with Crippen LogP contribution in [0.3, 0.4) is 0 Å². The van der Waals surface area contributed by atoms with E-state index in [9.17, 15) is 0 Å². The minimum absolute atomic E-state index is 0.193. The first kappa shape index (κ1) is 19.5. The van der Waals surface area contributed by atoms with E-state index in [0.29, 0.717) is 24.1 Å². The molecule has 4 atom stereocenters. The number of ether oxygens (including phenoxy) is 1. The van der Waals surface area contributed by atoms with Crippen LogP contribution < -0.4 is 10.6 Å². The van der Waals surface area contributed by atoms with Crippen LogP contribution in [0.25, 0.3) is 0 Å². The summed E-state index contributed by atoms with van der Waals surface area (Å²) in [6.07, 6.45) is 11.3. The number of nitrogens with zero attached hydrogens (tertiary/aromatic N) is 2. The number of guanidine groups is 1. The van der Waals surface area contributed by atoms with E-state index in [4.69, 9.17) is 9.73 Å². The number of aliphatic imine (C=N–C) groups is 1. The number of rotatable bonds is 4. The van der Waals surface area contributed by atoms with E-state index in [0.717, 1.165) is 25.2 Å². The molecular weight excluding hydrogens is 336 g/mol. The number of hydrogen-bond acceptors (Lipinski definition) is 3. The predicted octanol–water partition coefficient (Wildman–Crippen LogP) is 3.15. The summed E-state index contributed by atoms with van der Waals surface area (Å²) >= 11 is 0. The monoisotopic (exact) mass is 376 g/mol. The first-order chi connectivity index (χ1) is 13.1. The summed E-state index contributed by atoms with van der Waals surface area (Å²) in [5.74, 6) is 1.67. The lowest BCUT2D eigenvalue weighted by Gasteiger charge is -2.55. The van der Waals surface area contributed by atoms with Crippen molar-refractivity contribution in [1.82, 2.24) is 15.5 Å². The molecule has 0 aromatic carbocycles. The highest BCUT2D eigenvalue weighted by Gasteiger charge is 2.59. The molecule has 2 aliphatic heterocycles. The molecule has 0 bridgehead atoms. The third-order valence-electron chi connectivity index (χ3n) is 7.59. The zero-order valence-electron chi connectivity index (χ0n) is 17.7. The van der Waals surface area contributed by atoms with Gasteiger partial charge in [0.25, 0.3) is 0 Å². The van der Waals surface area contributed by atoms with E-state index >= 15 is 0 Å². The standard InChI is InChI=1S/C22H40N4O/c1-4-23-21(25-19-18-12-14-27-20(18)22(19,2)3)24-16-9-8-13-26(15-16)17-10-6-5-7-11-17/h16-20H,4-15H2,1-3H3,(H2,23,24,25). The fourth-order valence-corrected chi connectivity index (χ4v) is 6.15.